The molecule has 1 aliphatic heterocycles. The molecule has 0 aromatic heterocycles. The maximum atomic E-state index is 12.7. The highest BCUT2D eigenvalue weighted by atomic mass is 35.5. The minimum atomic E-state index is -0.862. The number of fused-ring (bicyclic) bond motifs is 1. The van der Waals surface area contributed by atoms with E-state index in [4.69, 9.17) is 21.1 Å². The fourth-order valence-electron chi connectivity index (χ4n) is 3.12. The lowest BCUT2D eigenvalue weighted by Crippen LogP contribution is -2.39. The summed E-state index contributed by atoms with van der Waals surface area (Å²) in [5, 5.41) is 0.506. The highest BCUT2D eigenvalue weighted by molar-refractivity contribution is 6.30. The third-order valence-corrected chi connectivity index (χ3v) is 4.62. The molecular formula is C20H20ClNO4. The smallest absolute Gasteiger partial charge is 0.311 e. The summed E-state index contributed by atoms with van der Waals surface area (Å²) in [6, 6.07) is 12.8. The van der Waals surface area contributed by atoms with E-state index >= 15 is 0 Å². The summed E-state index contributed by atoms with van der Waals surface area (Å²) in [6.07, 6.45) is -0.0703. The second-order valence-electron chi connectivity index (χ2n) is 6.13. The van der Waals surface area contributed by atoms with Gasteiger partial charge in [-0.25, -0.2) is 0 Å². The van der Waals surface area contributed by atoms with Crippen LogP contribution in [0.4, 0.5) is 5.69 Å². The molecule has 0 unspecified atom stereocenters. The van der Waals surface area contributed by atoms with E-state index in [-0.39, 0.29) is 12.3 Å². The Labute approximate surface area is 157 Å². The molecule has 1 heterocycles. The summed E-state index contributed by atoms with van der Waals surface area (Å²) >= 11 is 5.98. The van der Waals surface area contributed by atoms with Gasteiger partial charge in [0.1, 0.15) is 5.75 Å². The number of halogens is 1. The number of anilines is 1. The number of rotatable bonds is 5. The van der Waals surface area contributed by atoms with Crippen molar-refractivity contribution in [3.05, 3.63) is 58.6 Å². The zero-order valence-electron chi connectivity index (χ0n) is 14.7. The van der Waals surface area contributed by atoms with Crippen LogP contribution in [0.3, 0.4) is 0 Å². The van der Waals surface area contributed by atoms with E-state index in [0.29, 0.717) is 22.9 Å². The average Bonchev–Trinajstić information content (AvgIpc) is 3.05. The minimum absolute atomic E-state index is 0.0159. The van der Waals surface area contributed by atoms with Crippen molar-refractivity contribution in [2.45, 2.75) is 25.9 Å². The third-order valence-electron chi connectivity index (χ3n) is 4.39. The Hall–Kier alpha value is -2.53. The van der Waals surface area contributed by atoms with Crippen molar-refractivity contribution in [1.29, 1.82) is 0 Å². The van der Waals surface area contributed by atoms with E-state index < -0.39 is 12.1 Å². The first-order chi connectivity index (χ1) is 12.5. The van der Waals surface area contributed by atoms with Crippen molar-refractivity contribution >= 4 is 29.2 Å². The van der Waals surface area contributed by atoms with Crippen LogP contribution in [-0.4, -0.2) is 31.6 Å². The van der Waals surface area contributed by atoms with Crippen LogP contribution in [-0.2, 0) is 27.2 Å². The van der Waals surface area contributed by atoms with Crippen molar-refractivity contribution in [2.24, 2.45) is 0 Å². The van der Waals surface area contributed by atoms with Crippen LogP contribution in [0.25, 0.3) is 0 Å². The van der Waals surface area contributed by atoms with Crippen LogP contribution < -0.4 is 9.64 Å². The average molecular weight is 374 g/mol. The van der Waals surface area contributed by atoms with E-state index in [9.17, 15) is 9.59 Å². The quantitative estimate of drug-likeness (QED) is 0.754. The third kappa shape index (κ3) is 3.83. The maximum absolute atomic E-state index is 12.7. The Morgan fingerprint density at radius 1 is 1.23 bits per heavy atom. The number of hydrogen-bond acceptors (Lipinski definition) is 4. The van der Waals surface area contributed by atoms with E-state index in [2.05, 4.69) is 0 Å². The van der Waals surface area contributed by atoms with Gasteiger partial charge in [0.2, 0.25) is 0 Å². The van der Waals surface area contributed by atoms with Crippen LogP contribution in [0, 0.1) is 0 Å². The number of carbonyl (C=O) groups excluding carboxylic acids is 2. The highest BCUT2D eigenvalue weighted by Crippen LogP contribution is 2.28. The van der Waals surface area contributed by atoms with Gasteiger partial charge >= 0.3 is 5.97 Å². The molecule has 0 spiro atoms. The van der Waals surface area contributed by atoms with E-state index in [0.717, 1.165) is 17.7 Å². The predicted molar refractivity (Wildman–Crippen MR) is 99.8 cm³/mol. The molecule has 0 N–H and O–H groups in total. The Bertz CT molecular complexity index is 836. The van der Waals surface area contributed by atoms with Gasteiger partial charge in [0.05, 0.1) is 13.5 Å². The Morgan fingerprint density at radius 2 is 2.00 bits per heavy atom. The van der Waals surface area contributed by atoms with Gasteiger partial charge in [-0.05, 0) is 43.2 Å². The molecule has 1 atom stereocenters. The van der Waals surface area contributed by atoms with Gasteiger partial charge in [0, 0.05) is 22.8 Å². The van der Waals surface area contributed by atoms with Gasteiger partial charge in [-0.2, -0.15) is 0 Å². The van der Waals surface area contributed by atoms with E-state index in [1.807, 2.05) is 24.3 Å². The second-order valence-corrected chi connectivity index (χ2v) is 6.57. The molecule has 2 aromatic carbocycles. The Balaban J connectivity index is 1.65. The summed E-state index contributed by atoms with van der Waals surface area (Å²) in [6.45, 7) is 2.19. The number of hydrogen-bond donors (Lipinski definition) is 0. The van der Waals surface area contributed by atoms with Gasteiger partial charge in [-0.1, -0.05) is 29.8 Å². The largest absolute Gasteiger partial charge is 0.496 e. The lowest BCUT2D eigenvalue weighted by Gasteiger charge is -2.22. The number of ether oxygens (including phenoxy) is 2. The lowest BCUT2D eigenvalue weighted by molar-refractivity contribution is -0.153. The highest BCUT2D eigenvalue weighted by Gasteiger charge is 2.29. The van der Waals surface area contributed by atoms with Gasteiger partial charge < -0.3 is 14.4 Å². The molecule has 1 aliphatic rings. The molecule has 2 aromatic rings. The normalized spacial score (nSPS) is 13.9. The SMILES string of the molecule is COc1ccc(Cl)cc1CC(=O)O[C@H](C)C(=O)N1CCc2ccccc21. The van der Waals surface area contributed by atoms with Crippen molar-refractivity contribution < 1.29 is 19.1 Å². The first-order valence-electron chi connectivity index (χ1n) is 8.40. The van der Waals surface area contributed by atoms with Gasteiger partial charge in [-0.3, -0.25) is 9.59 Å². The van der Waals surface area contributed by atoms with Gasteiger partial charge in [0.25, 0.3) is 5.91 Å². The minimum Gasteiger partial charge on any atom is -0.496 e. The number of carbonyl (C=O) groups is 2. The zero-order chi connectivity index (χ0) is 18.7. The van der Waals surface area contributed by atoms with Crippen molar-refractivity contribution in [1.82, 2.24) is 0 Å². The molecule has 136 valence electrons. The summed E-state index contributed by atoms with van der Waals surface area (Å²) in [7, 11) is 1.52. The topological polar surface area (TPSA) is 55.8 Å². The summed E-state index contributed by atoms with van der Waals surface area (Å²) < 4.78 is 10.6. The van der Waals surface area contributed by atoms with Gasteiger partial charge in [0.15, 0.2) is 6.10 Å². The van der Waals surface area contributed by atoms with Crippen LogP contribution in [0.5, 0.6) is 5.75 Å². The Kier molecular flexibility index (Phi) is 5.47. The number of esters is 1. The molecule has 0 fully saturated rings. The van der Waals surface area contributed by atoms with Gasteiger partial charge in [-0.15, -0.1) is 0 Å². The van der Waals surface area contributed by atoms with E-state index in [1.165, 1.54) is 7.11 Å². The fraction of sp³-hybridized carbons (Fsp3) is 0.300. The summed E-state index contributed by atoms with van der Waals surface area (Å²) in [5.41, 5.74) is 2.64. The zero-order valence-corrected chi connectivity index (χ0v) is 15.5. The Morgan fingerprint density at radius 3 is 2.77 bits per heavy atom. The van der Waals surface area contributed by atoms with Crippen molar-refractivity contribution in [3.63, 3.8) is 0 Å². The molecule has 0 saturated heterocycles. The lowest BCUT2D eigenvalue weighted by atomic mass is 10.1. The molecule has 26 heavy (non-hydrogen) atoms. The fourth-order valence-corrected chi connectivity index (χ4v) is 3.31. The van der Waals surface area contributed by atoms with Crippen LogP contribution in [0.1, 0.15) is 18.1 Å². The van der Waals surface area contributed by atoms with Crippen LogP contribution >= 0.6 is 11.6 Å². The predicted octanol–water partition coefficient (Wildman–Crippen LogP) is 3.41. The van der Waals surface area contributed by atoms with Crippen LogP contribution in [0.15, 0.2) is 42.5 Å². The molecule has 0 aliphatic carbocycles. The molecule has 6 heteroatoms. The van der Waals surface area contributed by atoms with Crippen molar-refractivity contribution in [2.75, 3.05) is 18.6 Å². The summed E-state index contributed by atoms with van der Waals surface area (Å²) in [5.74, 6) is -0.168. The first kappa shape index (κ1) is 18.3. The molecule has 5 nitrogen and oxygen atoms in total. The standard InChI is InChI=1S/C20H20ClNO4/c1-13(20(24)22-10-9-14-5-3-4-6-17(14)22)26-19(23)12-15-11-16(21)7-8-18(15)25-2/h3-8,11,13H,9-10,12H2,1-2H3/t13-/m1/s1. The second kappa shape index (κ2) is 7.79. The number of nitrogens with zero attached hydrogens (tertiary/aromatic N) is 1. The first-order valence-corrected chi connectivity index (χ1v) is 8.78. The molecule has 0 bridgehead atoms. The van der Waals surface area contributed by atoms with Crippen molar-refractivity contribution in [3.8, 4) is 5.75 Å². The monoisotopic (exact) mass is 373 g/mol. The number of methoxy groups -OCH3 is 1. The molecular weight excluding hydrogens is 354 g/mol. The molecule has 1 amide bonds. The van der Waals surface area contributed by atoms with Crippen LogP contribution in [0.2, 0.25) is 5.02 Å². The number of para-hydroxylation sites is 1. The summed E-state index contributed by atoms with van der Waals surface area (Å²) in [4.78, 5) is 26.6. The van der Waals surface area contributed by atoms with E-state index in [1.54, 1.807) is 30.0 Å². The maximum Gasteiger partial charge on any atom is 0.311 e. The number of benzene rings is 2. The molecule has 3 rings (SSSR count). The number of amides is 1. The molecule has 0 saturated carbocycles. The molecule has 0 radical (unpaired) electrons.